The van der Waals surface area contributed by atoms with Gasteiger partial charge in [0.05, 0.1) is 0 Å². The molecule has 1 aromatic carbocycles. The van der Waals surface area contributed by atoms with Gasteiger partial charge in [-0.1, -0.05) is 36.8 Å². The van der Waals surface area contributed by atoms with E-state index in [4.69, 9.17) is 5.73 Å². The van der Waals surface area contributed by atoms with Gasteiger partial charge in [-0.15, -0.1) is 12.4 Å². The standard InChI is InChI=1S/C14H23N3O2S.ClH/c15-9-12-17(13-14-7-3-1-4-8-14)20(18,19)16-10-5-2-6-11-16;/h1,3-4,7-8H,2,5-6,9-13,15H2;1H. The third-order valence-electron chi connectivity index (χ3n) is 3.55. The number of halogens is 1. The van der Waals surface area contributed by atoms with E-state index in [1.807, 2.05) is 30.3 Å². The second-order valence-electron chi connectivity index (χ2n) is 5.08. The molecule has 120 valence electrons. The van der Waals surface area contributed by atoms with Crippen LogP contribution in [0.2, 0.25) is 0 Å². The molecule has 1 saturated heterocycles. The molecule has 0 spiro atoms. The minimum absolute atomic E-state index is 0. The first-order valence-electron chi connectivity index (χ1n) is 7.14. The van der Waals surface area contributed by atoms with Gasteiger partial charge in [-0.3, -0.25) is 0 Å². The van der Waals surface area contributed by atoms with Gasteiger partial charge in [0, 0.05) is 32.7 Å². The summed E-state index contributed by atoms with van der Waals surface area (Å²) >= 11 is 0. The topological polar surface area (TPSA) is 66.6 Å². The average molecular weight is 334 g/mol. The van der Waals surface area contributed by atoms with E-state index in [1.165, 1.54) is 4.31 Å². The molecule has 7 heteroatoms. The molecule has 0 atom stereocenters. The van der Waals surface area contributed by atoms with Crippen molar-refractivity contribution >= 4 is 22.6 Å². The Bertz CT molecular complexity index is 504. The van der Waals surface area contributed by atoms with Gasteiger partial charge in [0.1, 0.15) is 0 Å². The Kier molecular flexibility index (Phi) is 7.62. The number of rotatable bonds is 6. The van der Waals surface area contributed by atoms with Gasteiger partial charge in [-0.2, -0.15) is 17.0 Å². The van der Waals surface area contributed by atoms with Crippen molar-refractivity contribution in [1.82, 2.24) is 8.61 Å². The van der Waals surface area contributed by atoms with Gasteiger partial charge in [0.25, 0.3) is 10.2 Å². The number of piperidine rings is 1. The minimum Gasteiger partial charge on any atom is -0.329 e. The highest BCUT2D eigenvalue weighted by atomic mass is 35.5. The highest BCUT2D eigenvalue weighted by Crippen LogP contribution is 2.18. The summed E-state index contributed by atoms with van der Waals surface area (Å²) in [6.45, 7) is 2.32. The Balaban J connectivity index is 0.00000220. The van der Waals surface area contributed by atoms with E-state index in [9.17, 15) is 8.42 Å². The fraction of sp³-hybridized carbons (Fsp3) is 0.571. The lowest BCUT2D eigenvalue weighted by Gasteiger charge is -2.32. The number of hydrogen-bond acceptors (Lipinski definition) is 3. The maximum absolute atomic E-state index is 12.7. The van der Waals surface area contributed by atoms with Crippen molar-refractivity contribution in [1.29, 1.82) is 0 Å². The summed E-state index contributed by atoms with van der Waals surface area (Å²) in [5.41, 5.74) is 6.57. The summed E-state index contributed by atoms with van der Waals surface area (Å²) in [4.78, 5) is 0. The molecule has 0 radical (unpaired) electrons. The zero-order valence-corrected chi connectivity index (χ0v) is 13.8. The molecule has 0 aliphatic carbocycles. The summed E-state index contributed by atoms with van der Waals surface area (Å²) in [7, 11) is -3.40. The first kappa shape index (κ1) is 18.4. The molecule has 0 aromatic heterocycles. The molecule has 5 nitrogen and oxygen atoms in total. The number of nitrogens with zero attached hydrogens (tertiary/aromatic N) is 2. The molecule has 1 aliphatic heterocycles. The lowest BCUT2D eigenvalue weighted by molar-refractivity contribution is 0.301. The largest absolute Gasteiger partial charge is 0.329 e. The maximum atomic E-state index is 12.7. The zero-order valence-electron chi connectivity index (χ0n) is 12.1. The highest BCUT2D eigenvalue weighted by molar-refractivity contribution is 7.86. The van der Waals surface area contributed by atoms with E-state index in [0.29, 0.717) is 32.7 Å². The Morgan fingerprint density at radius 1 is 1.10 bits per heavy atom. The van der Waals surface area contributed by atoms with E-state index in [1.54, 1.807) is 4.31 Å². The van der Waals surface area contributed by atoms with E-state index in [2.05, 4.69) is 0 Å². The first-order valence-corrected chi connectivity index (χ1v) is 8.53. The molecular formula is C14H24ClN3O2S. The third-order valence-corrected chi connectivity index (χ3v) is 5.53. The fourth-order valence-electron chi connectivity index (χ4n) is 2.47. The van der Waals surface area contributed by atoms with Crippen LogP contribution in [0.15, 0.2) is 30.3 Å². The van der Waals surface area contributed by atoms with Crippen molar-refractivity contribution in [2.24, 2.45) is 5.73 Å². The van der Waals surface area contributed by atoms with E-state index < -0.39 is 10.2 Å². The Labute approximate surface area is 133 Å². The number of nitrogens with two attached hydrogens (primary N) is 1. The van der Waals surface area contributed by atoms with Crippen molar-refractivity contribution in [3.05, 3.63) is 35.9 Å². The summed E-state index contributed by atoms with van der Waals surface area (Å²) in [5, 5.41) is 0. The Morgan fingerprint density at radius 3 is 2.29 bits per heavy atom. The molecule has 0 saturated carbocycles. The minimum atomic E-state index is -3.40. The average Bonchev–Trinajstić information content (AvgIpc) is 2.49. The van der Waals surface area contributed by atoms with Crippen LogP contribution in [-0.4, -0.2) is 43.2 Å². The predicted molar refractivity (Wildman–Crippen MR) is 87.5 cm³/mol. The second-order valence-corrected chi connectivity index (χ2v) is 7.00. The van der Waals surface area contributed by atoms with E-state index in [-0.39, 0.29) is 12.4 Å². The monoisotopic (exact) mass is 333 g/mol. The number of hydrogen-bond donors (Lipinski definition) is 1. The molecule has 0 amide bonds. The maximum Gasteiger partial charge on any atom is 0.282 e. The quantitative estimate of drug-likeness (QED) is 0.860. The lowest BCUT2D eigenvalue weighted by atomic mass is 10.2. The second kappa shape index (κ2) is 8.70. The molecule has 1 aliphatic rings. The molecule has 1 fully saturated rings. The van der Waals surface area contributed by atoms with Gasteiger partial charge in [0.2, 0.25) is 0 Å². The van der Waals surface area contributed by atoms with Gasteiger partial charge in [-0.25, -0.2) is 0 Å². The van der Waals surface area contributed by atoms with Crippen molar-refractivity contribution in [3.8, 4) is 0 Å². The van der Waals surface area contributed by atoms with Gasteiger partial charge < -0.3 is 5.73 Å². The van der Waals surface area contributed by atoms with Crippen LogP contribution < -0.4 is 5.73 Å². The predicted octanol–water partition coefficient (Wildman–Crippen LogP) is 1.60. The lowest BCUT2D eigenvalue weighted by Crippen LogP contribution is -2.47. The van der Waals surface area contributed by atoms with Crippen molar-refractivity contribution in [2.75, 3.05) is 26.2 Å². The van der Waals surface area contributed by atoms with E-state index >= 15 is 0 Å². The van der Waals surface area contributed by atoms with Crippen LogP contribution in [0.4, 0.5) is 0 Å². The molecular weight excluding hydrogens is 310 g/mol. The smallest absolute Gasteiger partial charge is 0.282 e. The highest BCUT2D eigenvalue weighted by Gasteiger charge is 2.30. The summed E-state index contributed by atoms with van der Waals surface area (Å²) in [6.07, 6.45) is 3.00. The summed E-state index contributed by atoms with van der Waals surface area (Å²) in [5.74, 6) is 0. The van der Waals surface area contributed by atoms with Crippen LogP contribution in [0.3, 0.4) is 0 Å². The molecule has 0 unspecified atom stereocenters. The molecule has 21 heavy (non-hydrogen) atoms. The fourth-order valence-corrected chi connectivity index (χ4v) is 4.16. The molecule has 0 bridgehead atoms. The van der Waals surface area contributed by atoms with Crippen molar-refractivity contribution in [3.63, 3.8) is 0 Å². The molecule has 2 rings (SSSR count). The first-order chi connectivity index (χ1) is 9.64. The zero-order chi connectivity index (χ0) is 14.4. The number of benzene rings is 1. The Morgan fingerprint density at radius 2 is 1.71 bits per heavy atom. The van der Waals surface area contributed by atoms with Crippen LogP contribution >= 0.6 is 12.4 Å². The van der Waals surface area contributed by atoms with Crippen LogP contribution in [0.5, 0.6) is 0 Å². The van der Waals surface area contributed by atoms with Crippen LogP contribution in [-0.2, 0) is 16.8 Å². The van der Waals surface area contributed by atoms with Gasteiger partial charge in [-0.05, 0) is 18.4 Å². The SMILES string of the molecule is Cl.NCCN(Cc1ccccc1)S(=O)(=O)N1CCCCC1. The van der Waals surface area contributed by atoms with Crippen LogP contribution in [0.25, 0.3) is 0 Å². The molecule has 1 aromatic rings. The summed E-state index contributed by atoms with van der Waals surface area (Å²) in [6, 6.07) is 9.65. The van der Waals surface area contributed by atoms with Crippen LogP contribution in [0.1, 0.15) is 24.8 Å². The molecule has 1 heterocycles. The Hall–Kier alpha value is -0.660. The van der Waals surface area contributed by atoms with Gasteiger partial charge in [0.15, 0.2) is 0 Å². The normalized spacial score (nSPS) is 16.7. The van der Waals surface area contributed by atoms with Crippen molar-refractivity contribution < 1.29 is 8.42 Å². The third kappa shape index (κ3) is 4.93. The van der Waals surface area contributed by atoms with E-state index in [0.717, 1.165) is 24.8 Å². The van der Waals surface area contributed by atoms with Crippen LogP contribution in [0, 0.1) is 0 Å². The van der Waals surface area contributed by atoms with Gasteiger partial charge >= 0.3 is 0 Å². The van der Waals surface area contributed by atoms with Crippen molar-refractivity contribution in [2.45, 2.75) is 25.8 Å². The molecule has 2 N–H and O–H groups in total. The summed E-state index contributed by atoms with van der Waals surface area (Å²) < 4.78 is 28.4.